The molecule has 10 rings (SSSR count). The molecule has 0 bridgehead atoms. The van der Waals surface area contributed by atoms with Crippen LogP contribution < -0.4 is 33.4 Å². The van der Waals surface area contributed by atoms with Crippen molar-refractivity contribution in [3.8, 4) is 103 Å². The fourth-order valence-corrected chi connectivity index (χ4v) is 9.16. The fraction of sp³-hybridized carbons (Fsp3) is 0.153. The Morgan fingerprint density at radius 1 is 0.645 bits per heavy atom. The Balaban J connectivity index is 0.966. The number of hydrogen-bond acceptors (Lipinski definition) is 13. The van der Waals surface area contributed by atoms with E-state index >= 15 is 0 Å². The number of rotatable bonds is 20. The number of nitrogens with zero attached hydrogens (tertiary/aromatic N) is 4. The van der Waals surface area contributed by atoms with E-state index in [-0.39, 0.29) is 82.6 Å². The zero-order chi connectivity index (χ0) is 52.7. The van der Waals surface area contributed by atoms with Gasteiger partial charge in [-0.2, -0.15) is 10.1 Å². The lowest BCUT2D eigenvalue weighted by molar-refractivity contribution is -0.773. The number of nitrogens with one attached hydrogen (secondary N) is 2. The largest absolute Gasteiger partial charge is 0.507 e. The third-order valence-electron chi connectivity index (χ3n) is 13.3. The number of phenols is 3. The zero-order valence-electron chi connectivity index (χ0n) is 41.3. The second-order valence-electron chi connectivity index (χ2n) is 17.7. The van der Waals surface area contributed by atoms with Gasteiger partial charge in [-0.25, -0.2) is 9.97 Å². The molecule has 0 amide bonds. The zero-order valence-corrected chi connectivity index (χ0v) is 41.3. The van der Waals surface area contributed by atoms with Crippen LogP contribution in [0.25, 0.3) is 56.4 Å². The van der Waals surface area contributed by atoms with Gasteiger partial charge >= 0.3 is 12.2 Å². The van der Waals surface area contributed by atoms with Crippen molar-refractivity contribution < 1.29 is 63.1 Å². The SMILES string of the molecule is COc1ccccc1-c1ncccc1COc1ccc(-c2ccc(COc3cc(-c4ccc(COc5cccc(O)c5C=[OH+])c(-c5cc[nH][n+]5C5CCC5)n4)cc(O)c3C=O)c(-c3ccc[nH+]c3OC)n2)c(O)c1C=O. The summed E-state index contributed by atoms with van der Waals surface area (Å²) in [5.41, 5.74) is 7.10. The van der Waals surface area contributed by atoms with Crippen LogP contribution in [0.3, 0.4) is 0 Å². The van der Waals surface area contributed by atoms with Crippen molar-refractivity contribution in [2.24, 2.45) is 0 Å². The van der Waals surface area contributed by atoms with Crippen LogP contribution in [-0.4, -0.2) is 73.2 Å². The molecular formula is C59H51N6O11+3. The third kappa shape index (κ3) is 9.83. The van der Waals surface area contributed by atoms with Crippen LogP contribution in [0.1, 0.15) is 68.3 Å². The molecule has 0 spiro atoms. The number of pyridine rings is 4. The first kappa shape index (κ1) is 49.7. The number of H-pyrrole nitrogens is 2. The van der Waals surface area contributed by atoms with E-state index in [4.69, 9.17) is 33.7 Å². The summed E-state index contributed by atoms with van der Waals surface area (Å²) < 4.78 is 32.2. The smallest absolute Gasteiger partial charge is 0.375 e. The first-order valence-corrected chi connectivity index (χ1v) is 24.2. The van der Waals surface area contributed by atoms with E-state index in [0.717, 1.165) is 42.4 Å². The van der Waals surface area contributed by atoms with Crippen molar-refractivity contribution in [3.63, 3.8) is 0 Å². The van der Waals surface area contributed by atoms with Crippen LogP contribution in [0, 0.1) is 0 Å². The molecule has 6 N–H and O–H groups in total. The van der Waals surface area contributed by atoms with E-state index < -0.39 is 0 Å². The van der Waals surface area contributed by atoms with Gasteiger partial charge in [0.15, 0.2) is 30.4 Å². The van der Waals surface area contributed by atoms with Crippen LogP contribution >= 0.6 is 0 Å². The lowest BCUT2D eigenvalue weighted by Gasteiger charge is -2.20. The molecule has 76 heavy (non-hydrogen) atoms. The van der Waals surface area contributed by atoms with Crippen molar-refractivity contribution in [1.82, 2.24) is 20.1 Å². The van der Waals surface area contributed by atoms with Gasteiger partial charge in [0.2, 0.25) is 0 Å². The summed E-state index contributed by atoms with van der Waals surface area (Å²) in [6.45, 7) is -0.101. The van der Waals surface area contributed by atoms with Gasteiger partial charge in [0.1, 0.15) is 71.3 Å². The number of para-hydroxylation sites is 1. The second kappa shape index (κ2) is 22.1. The number of aromatic amines is 2. The molecule has 4 aromatic carbocycles. The van der Waals surface area contributed by atoms with Crippen LogP contribution in [0.2, 0.25) is 0 Å². The quantitative estimate of drug-likeness (QED) is 0.0317. The van der Waals surface area contributed by atoms with E-state index in [1.807, 2.05) is 48.7 Å². The van der Waals surface area contributed by atoms with Crippen molar-refractivity contribution in [2.45, 2.75) is 45.1 Å². The Morgan fingerprint density at radius 2 is 1.34 bits per heavy atom. The molecule has 5 heterocycles. The minimum atomic E-state index is -0.349. The standard InChI is InChI=1S/C59H48N6O11/c1-72-51-15-4-3-12-41(51)55-35(9-7-24-60-55)32-75-53-22-19-40(58(71)45(53)31-68)47-21-18-36(56(64-47)42-13-8-25-61-59(42)73-2)33-76-54-28-38(27-50(70)44(54)30-67)46-20-17-37(34-74-52-16-6-14-49(69)43(52)29-66)57(63-46)48-23-26-62-65(48)39-10-5-11-39/h3-4,6-9,12-31,39H,5,10-11,32-34H2,1-2H3,(H3,64,66,67,68,69,70,71)/p+3. The van der Waals surface area contributed by atoms with Gasteiger partial charge in [0, 0.05) is 64.6 Å². The van der Waals surface area contributed by atoms with Crippen LogP contribution in [0.5, 0.6) is 46.1 Å². The maximum Gasteiger partial charge on any atom is 0.375 e. The number of aldehydes is 3. The lowest BCUT2D eigenvalue weighted by atomic mass is 9.93. The van der Waals surface area contributed by atoms with Crippen molar-refractivity contribution in [3.05, 3.63) is 173 Å². The van der Waals surface area contributed by atoms with Crippen LogP contribution in [-0.2, 0) is 19.8 Å². The number of carbonyl (C=O) groups excluding carboxylic acids is 3. The number of phenolic OH excluding ortho intramolecular Hbond substituents is 3. The minimum absolute atomic E-state index is 0.0248. The first-order valence-electron chi connectivity index (χ1n) is 24.2. The Hall–Kier alpha value is -9.90. The maximum atomic E-state index is 12.7. The number of ether oxygens (including phenoxy) is 5. The first-order chi connectivity index (χ1) is 37.2. The predicted octanol–water partition coefficient (Wildman–Crippen LogP) is 9.38. The highest BCUT2D eigenvalue weighted by atomic mass is 16.5. The fourth-order valence-electron chi connectivity index (χ4n) is 9.16. The summed E-state index contributed by atoms with van der Waals surface area (Å²) in [7, 11) is 3.09. The van der Waals surface area contributed by atoms with E-state index in [0.29, 0.717) is 74.9 Å². The number of aromatic nitrogens is 6. The van der Waals surface area contributed by atoms with Crippen LogP contribution in [0.15, 0.2) is 140 Å². The summed E-state index contributed by atoms with van der Waals surface area (Å²) in [6, 6.07) is 35.0. The number of methoxy groups -OCH3 is 2. The molecule has 1 fully saturated rings. The molecule has 0 saturated heterocycles. The Morgan fingerprint density at radius 3 is 2.08 bits per heavy atom. The van der Waals surface area contributed by atoms with Gasteiger partial charge in [0.25, 0.3) is 5.69 Å². The van der Waals surface area contributed by atoms with Gasteiger partial charge in [-0.3, -0.25) is 19.4 Å². The van der Waals surface area contributed by atoms with Gasteiger partial charge in [-0.15, -0.1) is 4.68 Å². The van der Waals surface area contributed by atoms with E-state index in [1.165, 1.54) is 19.2 Å². The average molecular weight is 1020 g/mol. The molecule has 0 radical (unpaired) electrons. The molecule has 5 aromatic heterocycles. The number of hydrogen-bond donors (Lipinski definition) is 4. The molecule has 0 aliphatic heterocycles. The highest BCUT2D eigenvalue weighted by Gasteiger charge is 2.33. The summed E-state index contributed by atoms with van der Waals surface area (Å²) in [5, 5.41) is 36.8. The molecular weight excluding hydrogens is 969 g/mol. The van der Waals surface area contributed by atoms with E-state index in [9.17, 15) is 29.7 Å². The van der Waals surface area contributed by atoms with Gasteiger partial charge in [-0.05, 0) is 79.2 Å². The molecule has 380 valence electrons. The number of aromatic hydroxyl groups is 3. The summed E-state index contributed by atoms with van der Waals surface area (Å²) in [6.07, 6.45) is 10.1. The Labute approximate surface area is 435 Å². The molecule has 9 aromatic rings. The van der Waals surface area contributed by atoms with Gasteiger partial charge < -0.3 is 39.0 Å². The Kier molecular flexibility index (Phi) is 14.4. The topological polar surface area (TPSA) is 235 Å². The van der Waals surface area contributed by atoms with Crippen LogP contribution in [0.4, 0.5) is 0 Å². The summed E-state index contributed by atoms with van der Waals surface area (Å²) in [5.74, 6) is 0.672. The molecule has 1 aliphatic carbocycles. The Bertz CT molecular complexity index is 3650. The second-order valence-corrected chi connectivity index (χ2v) is 17.7. The normalized spacial score (nSPS) is 12.1. The van der Waals surface area contributed by atoms with E-state index in [1.54, 1.807) is 86.2 Å². The molecule has 0 unspecified atom stereocenters. The molecule has 17 heteroatoms. The highest BCUT2D eigenvalue weighted by Crippen LogP contribution is 2.41. The molecule has 0 atom stereocenters. The van der Waals surface area contributed by atoms with Crippen molar-refractivity contribution in [1.29, 1.82) is 0 Å². The molecule has 1 aliphatic rings. The van der Waals surface area contributed by atoms with Crippen molar-refractivity contribution in [2.75, 3.05) is 14.2 Å². The average Bonchev–Trinajstić information content (AvgIpc) is 3.92. The van der Waals surface area contributed by atoms with Gasteiger partial charge in [-0.1, -0.05) is 36.4 Å². The molecule has 17 nitrogen and oxygen atoms in total. The molecule has 1 saturated carbocycles. The lowest BCUT2D eigenvalue weighted by Crippen LogP contribution is -2.46. The third-order valence-corrected chi connectivity index (χ3v) is 13.3. The highest BCUT2D eigenvalue weighted by molar-refractivity contribution is 5.90. The van der Waals surface area contributed by atoms with E-state index in [2.05, 4.69) is 19.7 Å². The summed E-state index contributed by atoms with van der Waals surface area (Å²) >= 11 is 0. The number of benzene rings is 4. The predicted molar refractivity (Wildman–Crippen MR) is 279 cm³/mol. The summed E-state index contributed by atoms with van der Waals surface area (Å²) in [4.78, 5) is 53.0. The minimum Gasteiger partial charge on any atom is -0.507 e. The number of carbonyl (C=O) groups is 2. The maximum absolute atomic E-state index is 12.7. The van der Waals surface area contributed by atoms with Gasteiger partial charge in [0.05, 0.1) is 54.3 Å². The van der Waals surface area contributed by atoms with Crippen molar-refractivity contribution >= 4 is 18.9 Å². The monoisotopic (exact) mass is 1020 g/mol.